The molecule has 2 aliphatic rings. The molecule has 2 N–H and O–H groups in total. The van der Waals surface area contributed by atoms with Gasteiger partial charge in [-0.05, 0) is 30.3 Å². The highest BCUT2D eigenvalue weighted by Crippen LogP contribution is 2.34. The standard InChI is InChI=1S/C18H13ClN6O/c19-12-3-1-2-11-15(12)23-18(25-7-6-20-16(11)25)24-17(26)10-4-5-13-14(8-10)22-9-21-13/h1-5,8-9H,6-7H2,(H,21,22)(H,23,24,26). The number of rotatable bonds is 1. The van der Waals surface area contributed by atoms with E-state index in [2.05, 4.69) is 25.3 Å². The number of amides is 1. The minimum Gasteiger partial charge on any atom is -0.345 e. The van der Waals surface area contributed by atoms with Crippen LogP contribution in [0.5, 0.6) is 0 Å². The summed E-state index contributed by atoms with van der Waals surface area (Å²) in [4.78, 5) is 31.0. The lowest BCUT2D eigenvalue weighted by atomic mass is 10.1. The van der Waals surface area contributed by atoms with Crippen molar-refractivity contribution in [1.29, 1.82) is 0 Å². The highest BCUT2D eigenvalue weighted by molar-refractivity contribution is 6.35. The first-order valence-electron chi connectivity index (χ1n) is 8.15. The van der Waals surface area contributed by atoms with Gasteiger partial charge in [0.2, 0.25) is 5.96 Å². The second-order valence-electron chi connectivity index (χ2n) is 6.02. The van der Waals surface area contributed by atoms with Crippen LogP contribution in [0.3, 0.4) is 0 Å². The van der Waals surface area contributed by atoms with Crippen LogP contribution in [0.2, 0.25) is 5.02 Å². The van der Waals surface area contributed by atoms with Gasteiger partial charge < -0.3 is 4.98 Å². The molecule has 5 rings (SSSR count). The van der Waals surface area contributed by atoms with Gasteiger partial charge in [-0.3, -0.25) is 20.0 Å². The summed E-state index contributed by atoms with van der Waals surface area (Å²) in [7, 11) is 0. The quantitative estimate of drug-likeness (QED) is 0.696. The van der Waals surface area contributed by atoms with Gasteiger partial charge >= 0.3 is 0 Å². The summed E-state index contributed by atoms with van der Waals surface area (Å²) in [5.41, 5.74) is 3.64. The number of imidazole rings is 1. The summed E-state index contributed by atoms with van der Waals surface area (Å²) in [5.74, 6) is 0.972. The molecular formula is C18H13ClN6O. The summed E-state index contributed by atoms with van der Waals surface area (Å²) < 4.78 is 0. The zero-order chi connectivity index (χ0) is 17.7. The van der Waals surface area contributed by atoms with Crippen LogP contribution in [0.1, 0.15) is 15.9 Å². The topological polar surface area (TPSA) is 85.7 Å². The molecule has 3 heterocycles. The fourth-order valence-corrected chi connectivity index (χ4v) is 3.42. The largest absolute Gasteiger partial charge is 0.345 e. The average Bonchev–Trinajstić information content (AvgIpc) is 3.31. The lowest BCUT2D eigenvalue weighted by Gasteiger charge is -2.27. The lowest BCUT2D eigenvalue weighted by molar-refractivity contribution is 0.0974. The molecule has 26 heavy (non-hydrogen) atoms. The van der Waals surface area contributed by atoms with E-state index in [1.807, 2.05) is 23.1 Å². The summed E-state index contributed by atoms with van der Waals surface area (Å²) in [6.07, 6.45) is 1.60. The van der Waals surface area contributed by atoms with Gasteiger partial charge in [0, 0.05) is 17.7 Å². The number of amidine groups is 1. The SMILES string of the molecule is O=C(NC1=Nc2c(Cl)cccc2C2=NCCN12)c1ccc2[nH]cnc2c1. The van der Waals surface area contributed by atoms with E-state index < -0.39 is 0 Å². The number of H-pyrrole nitrogens is 1. The number of benzene rings is 2. The van der Waals surface area contributed by atoms with Crippen molar-refractivity contribution >= 4 is 46.0 Å². The van der Waals surface area contributed by atoms with E-state index in [1.165, 1.54) is 0 Å². The van der Waals surface area contributed by atoms with E-state index in [0.717, 1.165) is 22.4 Å². The zero-order valence-corrected chi connectivity index (χ0v) is 14.3. The maximum atomic E-state index is 12.7. The summed E-state index contributed by atoms with van der Waals surface area (Å²) >= 11 is 6.30. The van der Waals surface area contributed by atoms with E-state index in [1.54, 1.807) is 24.5 Å². The third-order valence-corrected chi connectivity index (χ3v) is 4.76. The minimum absolute atomic E-state index is 0.254. The Hall–Kier alpha value is -3.19. The fourth-order valence-electron chi connectivity index (χ4n) is 3.20. The molecule has 2 aliphatic heterocycles. The number of guanidine groups is 1. The lowest BCUT2D eigenvalue weighted by Crippen LogP contribution is -2.47. The van der Waals surface area contributed by atoms with Crippen LogP contribution >= 0.6 is 11.6 Å². The van der Waals surface area contributed by atoms with Crippen LogP contribution in [0.15, 0.2) is 52.7 Å². The summed E-state index contributed by atoms with van der Waals surface area (Å²) in [6.45, 7) is 1.31. The number of nitrogens with zero attached hydrogens (tertiary/aromatic N) is 4. The number of aromatic amines is 1. The second kappa shape index (κ2) is 5.67. The van der Waals surface area contributed by atoms with Crippen LogP contribution in [0.4, 0.5) is 5.69 Å². The summed E-state index contributed by atoms with van der Waals surface area (Å²) in [6, 6.07) is 10.9. The van der Waals surface area contributed by atoms with Crippen molar-refractivity contribution in [2.24, 2.45) is 9.98 Å². The van der Waals surface area contributed by atoms with Crippen molar-refractivity contribution in [2.75, 3.05) is 13.1 Å². The molecule has 0 atom stereocenters. The highest BCUT2D eigenvalue weighted by Gasteiger charge is 2.31. The Morgan fingerprint density at radius 3 is 3.12 bits per heavy atom. The Morgan fingerprint density at radius 1 is 1.27 bits per heavy atom. The maximum absolute atomic E-state index is 12.7. The molecule has 1 amide bonds. The first kappa shape index (κ1) is 15.1. The fraction of sp³-hybridized carbons (Fsp3) is 0.111. The number of nitrogens with one attached hydrogen (secondary N) is 2. The van der Waals surface area contributed by atoms with Crippen LogP contribution in [0.25, 0.3) is 11.0 Å². The Bertz CT molecular complexity index is 1120. The number of aliphatic imine (C=N–C) groups is 2. The normalized spacial score (nSPS) is 15.3. The number of para-hydroxylation sites is 1. The molecule has 8 heteroatoms. The highest BCUT2D eigenvalue weighted by atomic mass is 35.5. The molecule has 1 aromatic heterocycles. The van der Waals surface area contributed by atoms with Gasteiger partial charge in [0.15, 0.2) is 0 Å². The Balaban J connectivity index is 1.52. The van der Waals surface area contributed by atoms with Crippen LogP contribution < -0.4 is 5.32 Å². The number of hydrogen-bond acceptors (Lipinski definition) is 5. The van der Waals surface area contributed by atoms with E-state index in [4.69, 9.17) is 11.6 Å². The Kier molecular flexibility index (Phi) is 3.29. The van der Waals surface area contributed by atoms with Gasteiger partial charge in [0.1, 0.15) is 5.84 Å². The second-order valence-corrected chi connectivity index (χ2v) is 6.42. The molecule has 7 nitrogen and oxygen atoms in total. The molecule has 0 aliphatic carbocycles. The van der Waals surface area contributed by atoms with E-state index in [-0.39, 0.29) is 5.91 Å². The van der Waals surface area contributed by atoms with Gasteiger partial charge in [-0.2, -0.15) is 0 Å². The molecule has 0 unspecified atom stereocenters. The van der Waals surface area contributed by atoms with Crippen LogP contribution in [0, 0.1) is 0 Å². The Labute approximate surface area is 153 Å². The van der Waals surface area contributed by atoms with Gasteiger partial charge in [0.25, 0.3) is 5.91 Å². The predicted molar refractivity (Wildman–Crippen MR) is 100 cm³/mol. The van der Waals surface area contributed by atoms with Gasteiger partial charge in [-0.1, -0.05) is 17.7 Å². The number of carbonyl (C=O) groups is 1. The molecule has 0 saturated carbocycles. The zero-order valence-electron chi connectivity index (χ0n) is 13.5. The number of aromatic nitrogens is 2. The number of halogens is 1. The molecular weight excluding hydrogens is 352 g/mol. The molecule has 0 radical (unpaired) electrons. The van der Waals surface area contributed by atoms with Crippen molar-refractivity contribution in [3.05, 3.63) is 58.9 Å². The molecule has 0 fully saturated rings. The van der Waals surface area contributed by atoms with Gasteiger partial charge in [-0.15, -0.1) is 0 Å². The maximum Gasteiger partial charge on any atom is 0.258 e. The van der Waals surface area contributed by atoms with Crippen molar-refractivity contribution in [3.8, 4) is 0 Å². The third kappa shape index (κ3) is 2.28. The molecule has 128 valence electrons. The molecule has 0 bridgehead atoms. The Morgan fingerprint density at radius 2 is 2.19 bits per heavy atom. The van der Waals surface area contributed by atoms with Crippen molar-refractivity contribution < 1.29 is 4.79 Å². The number of carbonyl (C=O) groups excluding carboxylic acids is 1. The minimum atomic E-state index is -0.254. The van der Waals surface area contributed by atoms with E-state index >= 15 is 0 Å². The van der Waals surface area contributed by atoms with Crippen LogP contribution in [-0.2, 0) is 0 Å². The van der Waals surface area contributed by atoms with Crippen molar-refractivity contribution in [1.82, 2.24) is 20.2 Å². The predicted octanol–water partition coefficient (Wildman–Crippen LogP) is 2.71. The molecule has 2 aromatic carbocycles. The molecule has 0 saturated heterocycles. The number of fused-ring (bicyclic) bond motifs is 4. The molecule has 3 aromatic rings. The van der Waals surface area contributed by atoms with Gasteiger partial charge in [0.05, 0.1) is 34.6 Å². The molecule has 0 spiro atoms. The average molecular weight is 365 g/mol. The van der Waals surface area contributed by atoms with Crippen LogP contribution in [-0.4, -0.2) is 45.7 Å². The van der Waals surface area contributed by atoms with E-state index in [9.17, 15) is 4.79 Å². The monoisotopic (exact) mass is 364 g/mol. The number of hydrogen-bond donors (Lipinski definition) is 2. The third-order valence-electron chi connectivity index (χ3n) is 4.45. The van der Waals surface area contributed by atoms with E-state index in [0.29, 0.717) is 35.3 Å². The summed E-state index contributed by atoms with van der Waals surface area (Å²) in [5, 5.41) is 3.42. The smallest absolute Gasteiger partial charge is 0.258 e. The first-order chi connectivity index (χ1) is 12.7. The van der Waals surface area contributed by atoms with Crippen molar-refractivity contribution in [3.63, 3.8) is 0 Å². The van der Waals surface area contributed by atoms with Crippen molar-refractivity contribution in [2.45, 2.75) is 0 Å². The first-order valence-corrected chi connectivity index (χ1v) is 8.52. The van der Waals surface area contributed by atoms with Gasteiger partial charge in [-0.25, -0.2) is 9.98 Å².